The molecule has 1 N–H and O–H groups in total. The molecule has 0 spiro atoms. The molecule has 0 aromatic heterocycles. The van der Waals surface area contributed by atoms with Gasteiger partial charge in [0.1, 0.15) is 0 Å². The summed E-state index contributed by atoms with van der Waals surface area (Å²) in [6.07, 6.45) is 5.58. The van der Waals surface area contributed by atoms with Crippen molar-refractivity contribution in [2.45, 2.75) is 51.3 Å². The zero-order valence-corrected chi connectivity index (χ0v) is 9.25. The van der Waals surface area contributed by atoms with Crippen LogP contribution in [0.2, 0.25) is 0 Å². The summed E-state index contributed by atoms with van der Waals surface area (Å²) in [5, 5.41) is 1.52. The van der Waals surface area contributed by atoms with Gasteiger partial charge in [0.25, 0.3) is 0 Å². The Kier molecular flexibility index (Phi) is 3.89. The van der Waals surface area contributed by atoms with Gasteiger partial charge >= 0.3 is 0 Å². The van der Waals surface area contributed by atoms with E-state index in [9.17, 15) is 4.79 Å². The van der Waals surface area contributed by atoms with Crippen LogP contribution in [0.4, 0.5) is 0 Å². The van der Waals surface area contributed by atoms with Crippen LogP contribution in [0, 0.1) is 0 Å². The Hall–Kier alpha value is -0.610. The number of hydrogen-bond acceptors (Lipinski definition) is 3. The van der Waals surface area contributed by atoms with Crippen LogP contribution in [0.1, 0.15) is 39.5 Å². The summed E-state index contributed by atoms with van der Waals surface area (Å²) >= 11 is 0. The smallest absolute Gasteiger partial charge is 0.226 e. The zero-order valence-electron chi connectivity index (χ0n) is 9.25. The van der Waals surface area contributed by atoms with Crippen molar-refractivity contribution in [3.05, 3.63) is 0 Å². The lowest BCUT2D eigenvalue weighted by atomic mass is 10.2. The van der Waals surface area contributed by atoms with Crippen LogP contribution in [0.5, 0.6) is 0 Å². The molecule has 0 aliphatic heterocycles. The first-order chi connectivity index (χ1) is 6.60. The Bertz CT molecular complexity index is 189. The first kappa shape index (κ1) is 11.5. The van der Waals surface area contributed by atoms with Crippen LogP contribution in [-0.4, -0.2) is 30.3 Å². The van der Waals surface area contributed by atoms with E-state index in [1.54, 1.807) is 7.11 Å². The number of methoxy groups -OCH3 is 1. The van der Waals surface area contributed by atoms with Gasteiger partial charge in [-0.1, -0.05) is 12.8 Å². The second-order valence-corrected chi connectivity index (χ2v) is 4.24. The zero-order chi connectivity index (χ0) is 10.6. The number of hydrazine groups is 1. The molecule has 0 bridgehead atoms. The quantitative estimate of drug-likeness (QED) is 0.413. The minimum absolute atomic E-state index is 0.426. The van der Waals surface area contributed by atoms with E-state index in [-0.39, 0.29) is 0 Å². The molecule has 14 heavy (non-hydrogen) atoms. The predicted octanol–water partition coefficient (Wildman–Crippen LogP) is 1.27. The van der Waals surface area contributed by atoms with Crippen LogP contribution in [-0.2, 0) is 9.53 Å². The van der Waals surface area contributed by atoms with Gasteiger partial charge in [0.2, 0.25) is 6.41 Å². The summed E-state index contributed by atoms with van der Waals surface area (Å²) in [4.78, 5) is 10.9. The number of rotatable bonds is 5. The number of ether oxygens (including phenoxy) is 1. The summed E-state index contributed by atoms with van der Waals surface area (Å²) in [5.41, 5.74) is 2.62. The minimum Gasteiger partial charge on any atom is -0.358 e. The molecule has 1 saturated carbocycles. The van der Waals surface area contributed by atoms with E-state index in [1.807, 2.05) is 13.8 Å². The van der Waals surface area contributed by atoms with E-state index in [0.29, 0.717) is 6.04 Å². The first-order valence-electron chi connectivity index (χ1n) is 5.16. The fourth-order valence-electron chi connectivity index (χ4n) is 1.66. The van der Waals surface area contributed by atoms with E-state index in [0.717, 1.165) is 19.3 Å². The maximum atomic E-state index is 10.9. The largest absolute Gasteiger partial charge is 0.358 e. The SMILES string of the molecule is COC(C)(C)N(C=O)NC1CCCC1. The van der Waals surface area contributed by atoms with Crippen LogP contribution < -0.4 is 5.43 Å². The average Bonchev–Trinajstić information content (AvgIpc) is 2.66. The summed E-state index contributed by atoms with van der Waals surface area (Å²) in [6, 6.07) is 0.426. The maximum Gasteiger partial charge on any atom is 0.226 e. The van der Waals surface area contributed by atoms with Crippen LogP contribution in [0.3, 0.4) is 0 Å². The van der Waals surface area contributed by atoms with Gasteiger partial charge in [-0.3, -0.25) is 4.79 Å². The number of carbonyl (C=O) groups excluding carboxylic acids is 1. The van der Waals surface area contributed by atoms with E-state index < -0.39 is 5.72 Å². The van der Waals surface area contributed by atoms with Gasteiger partial charge in [-0.15, -0.1) is 0 Å². The van der Waals surface area contributed by atoms with Crippen molar-refractivity contribution >= 4 is 6.41 Å². The summed E-state index contributed by atoms with van der Waals surface area (Å²) in [6.45, 7) is 3.73. The van der Waals surface area contributed by atoms with Crippen LogP contribution >= 0.6 is 0 Å². The van der Waals surface area contributed by atoms with Crippen LogP contribution in [0.25, 0.3) is 0 Å². The second kappa shape index (κ2) is 4.75. The Morgan fingerprint density at radius 2 is 2.00 bits per heavy atom. The molecule has 0 radical (unpaired) electrons. The minimum atomic E-state index is -0.579. The Labute approximate surface area is 85.6 Å². The highest BCUT2D eigenvalue weighted by atomic mass is 16.5. The lowest BCUT2D eigenvalue weighted by Gasteiger charge is -2.36. The summed E-state index contributed by atoms with van der Waals surface area (Å²) < 4.78 is 5.23. The third-order valence-corrected chi connectivity index (χ3v) is 2.86. The molecule has 0 aromatic rings. The monoisotopic (exact) mass is 200 g/mol. The third-order valence-electron chi connectivity index (χ3n) is 2.86. The van der Waals surface area contributed by atoms with E-state index in [4.69, 9.17) is 4.74 Å². The number of carbonyl (C=O) groups is 1. The van der Waals surface area contributed by atoms with Crippen molar-refractivity contribution in [1.29, 1.82) is 0 Å². The number of nitrogens with zero attached hydrogens (tertiary/aromatic N) is 1. The molecule has 1 amide bonds. The normalized spacial score (nSPS) is 18.5. The molecule has 0 saturated heterocycles. The van der Waals surface area contributed by atoms with E-state index >= 15 is 0 Å². The number of nitrogens with one attached hydrogen (secondary N) is 1. The van der Waals surface area contributed by atoms with Gasteiger partial charge in [-0.2, -0.15) is 0 Å². The van der Waals surface area contributed by atoms with E-state index in [1.165, 1.54) is 17.9 Å². The maximum absolute atomic E-state index is 10.9. The highest BCUT2D eigenvalue weighted by molar-refractivity contribution is 5.47. The van der Waals surface area contributed by atoms with Gasteiger partial charge in [-0.25, -0.2) is 10.4 Å². The third kappa shape index (κ3) is 2.69. The van der Waals surface area contributed by atoms with Gasteiger partial charge in [0.05, 0.1) is 0 Å². The molecule has 82 valence electrons. The molecule has 1 rings (SSSR count). The van der Waals surface area contributed by atoms with Crippen LogP contribution in [0.15, 0.2) is 0 Å². The van der Waals surface area contributed by atoms with Crippen molar-refractivity contribution in [2.24, 2.45) is 0 Å². The van der Waals surface area contributed by atoms with Crippen molar-refractivity contribution < 1.29 is 9.53 Å². The second-order valence-electron chi connectivity index (χ2n) is 4.24. The fourth-order valence-corrected chi connectivity index (χ4v) is 1.66. The molecular formula is C10H20N2O2. The molecule has 4 heteroatoms. The molecule has 4 nitrogen and oxygen atoms in total. The Balaban J connectivity index is 2.49. The standard InChI is InChI=1S/C10H20N2O2/c1-10(2,14-3)12(8-13)11-9-6-4-5-7-9/h8-9,11H,4-7H2,1-3H3. The summed E-state index contributed by atoms with van der Waals surface area (Å²) in [7, 11) is 1.60. The fraction of sp³-hybridized carbons (Fsp3) is 0.900. The van der Waals surface area contributed by atoms with Crippen molar-refractivity contribution in [3.63, 3.8) is 0 Å². The molecule has 0 unspecified atom stereocenters. The summed E-state index contributed by atoms with van der Waals surface area (Å²) in [5.74, 6) is 0. The topological polar surface area (TPSA) is 41.6 Å². The lowest BCUT2D eigenvalue weighted by molar-refractivity contribution is -0.159. The van der Waals surface area contributed by atoms with Crippen molar-refractivity contribution in [3.8, 4) is 0 Å². The van der Waals surface area contributed by atoms with Gasteiger partial charge in [-0.05, 0) is 26.7 Å². The Morgan fingerprint density at radius 3 is 2.43 bits per heavy atom. The Morgan fingerprint density at radius 1 is 1.43 bits per heavy atom. The molecule has 0 heterocycles. The highest BCUT2D eigenvalue weighted by Gasteiger charge is 2.28. The van der Waals surface area contributed by atoms with Crippen molar-refractivity contribution in [1.82, 2.24) is 10.4 Å². The molecular weight excluding hydrogens is 180 g/mol. The highest BCUT2D eigenvalue weighted by Crippen LogP contribution is 2.20. The lowest BCUT2D eigenvalue weighted by Crippen LogP contribution is -2.55. The van der Waals surface area contributed by atoms with Gasteiger partial charge in [0, 0.05) is 13.2 Å². The average molecular weight is 200 g/mol. The molecule has 1 aliphatic rings. The first-order valence-corrected chi connectivity index (χ1v) is 5.16. The van der Waals surface area contributed by atoms with E-state index in [2.05, 4.69) is 5.43 Å². The van der Waals surface area contributed by atoms with Crippen molar-refractivity contribution in [2.75, 3.05) is 7.11 Å². The van der Waals surface area contributed by atoms with Gasteiger partial charge in [0.15, 0.2) is 5.72 Å². The molecule has 0 atom stereocenters. The molecule has 0 aromatic carbocycles. The number of hydrogen-bond donors (Lipinski definition) is 1. The number of amides is 1. The predicted molar refractivity (Wildman–Crippen MR) is 54.4 cm³/mol. The molecule has 1 fully saturated rings. The van der Waals surface area contributed by atoms with Gasteiger partial charge < -0.3 is 4.74 Å². The molecule has 1 aliphatic carbocycles.